The molecule has 112 valence electrons. The van der Waals surface area contributed by atoms with Crippen LogP contribution < -0.4 is 5.32 Å². The lowest BCUT2D eigenvalue weighted by molar-refractivity contribution is -0.121. The summed E-state index contributed by atoms with van der Waals surface area (Å²) in [6, 6.07) is 0. The maximum Gasteiger partial charge on any atom is 0.258 e. The van der Waals surface area contributed by atoms with Crippen molar-refractivity contribution in [1.82, 2.24) is 20.4 Å². The topological polar surface area (TPSA) is 78.1 Å². The molecule has 0 spiro atoms. The first-order valence-electron chi connectivity index (χ1n) is 7.08. The SMILES string of the molecule is CCCNC(=O)CN(CCC)C(=O)c1c(C)n[nH]c1C. The zero-order valence-electron chi connectivity index (χ0n) is 12.7. The number of rotatable bonds is 7. The van der Waals surface area contributed by atoms with Gasteiger partial charge in [-0.15, -0.1) is 0 Å². The Morgan fingerprint density at radius 1 is 1.25 bits per heavy atom. The first-order chi connectivity index (χ1) is 9.51. The lowest BCUT2D eigenvalue weighted by Crippen LogP contribution is -2.41. The normalized spacial score (nSPS) is 10.4. The number of hydrogen-bond acceptors (Lipinski definition) is 3. The van der Waals surface area contributed by atoms with Gasteiger partial charge in [0.2, 0.25) is 5.91 Å². The number of nitrogens with zero attached hydrogens (tertiary/aromatic N) is 2. The van der Waals surface area contributed by atoms with Crippen LogP contribution >= 0.6 is 0 Å². The zero-order chi connectivity index (χ0) is 15.1. The highest BCUT2D eigenvalue weighted by molar-refractivity contribution is 5.98. The average molecular weight is 280 g/mol. The highest BCUT2D eigenvalue weighted by Crippen LogP contribution is 2.13. The van der Waals surface area contributed by atoms with Crippen molar-refractivity contribution in [3.05, 3.63) is 17.0 Å². The molecular weight excluding hydrogens is 256 g/mol. The second-order valence-electron chi connectivity index (χ2n) is 4.89. The molecule has 20 heavy (non-hydrogen) atoms. The number of aromatic amines is 1. The first kappa shape index (κ1) is 16.2. The van der Waals surface area contributed by atoms with Crippen LogP contribution in [0.25, 0.3) is 0 Å². The molecule has 1 heterocycles. The van der Waals surface area contributed by atoms with Crippen molar-refractivity contribution < 1.29 is 9.59 Å². The van der Waals surface area contributed by atoms with E-state index in [-0.39, 0.29) is 18.4 Å². The summed E-state index contributed by atoms with van der Waals surface area (Å²) >= 11 is 0. The summed E-state index contributed by atoms with van der Waals surface area (Å²) in [5.74, 6) is -0.255. The monoisotopic (exact) mass is 280 g/mol. The molecule has 0 fully saturated rings. The van der Waals surface area contributed by atoms with Crippen LogP contribution in [0, 0.1) is 13.8 Å². The molecule has 0 aliphatic rings. The minimum atomic E-state index is -0.137. The third-order valence-electron chi connectivity index (χ3n) is 3.03. The predicted molar refractivity (Wildman–Crippen MR) is 77.6 cm³/mol. The molecule has 2 N–H and O–H groups in total. The summed E-state index contributed by atoms with van der Waals surface area (Å²) in [6.07, 6.45) is 1.69. The van der Waals surface area contributed by atoms with Gasteiger partial charge >= 0.3 is 0 Å². The van der Waals surface area contributed by atoms with Gasteiger partial charge in [0.05, 0.1) is 17.8 Å². The Labute approximate surface area is 119 Å². The van der Waals surface area contributed by atoms with E-state index in [9.17, 15) is 9.59 Å². The molecule has 0 atom stereocenters. The van der Waals surface area contributed by atoms with Gasteiger partial charge in [-0.3, -0.25) is 14.7 Å². The maximum absolute atomic E-state index is 12.5. The Kier molecular flexibility index (Phi) is 6.21. The van der Waals surface area contributed by atoms with Crippen LogP contribution in [0.4, 0.5) is 0 Å². The van der Waals surface area contributed by atoms with Gasteiger partial charge in [0.15, 0.2) is 0 Å². The molecule has 1 rings (SSSR count). The van der Waals surface area contributed by atoms with Gasteiger partial charge < -0.3 is 10.2 Å². The second-order valence-corrected chi connectivity index (χ2v) is 4.89. The van der Waals surface area contributed by atoms with Gasteiger partial charge in [0.1, 0.15) is 0 Å². The molecule has 0 aromatic carbocycles. The molecule has 2 amide bonds. The molecule has 0 saturated heterocycles. The van der Waals surface area contributed by atoms with Crippen LogP contribution in [-0.4, -0.2) is 46.5 Å². The van der Waals surface area contributed by atoms with E-state index in [4.69, 9.17) is 0 Å². The van der Waals surface area contributed by atoms with E-state index in [0.29, 0.717) is 24.3 Å². The smallest absolute Gasteiger partial charge is 0.258 e. The fourth-order valence-corrected chi connectivity index (χ4v) is 2.04. The summed E-state index contributed by atoms with van der Waals surface area (Å²) in [5, 5.41) is 9.63. The number of hydrogen-bond donors (Lipinski definition) is 2. The van der Waals surface area contributed by atoms with Crippen LogP contribution in [0.5, 0.6) is 0 Å². The molecule has 6 nitrogen and oxygen atoms in total. The van der Waals surface area contributed by atoms with Crippen LogP contribution in [0.1, 0.15) is 48.4 Å². The van der Waals surface area contributed by atoms with E-state index < -0.39 is 0 Å². The highest BCUT2D eigenvalue weighted by Gasteiger charge is 2.22. The van der Waals surface area contributed by atoms with Gasteiger partial charge in [-0.05, 0) is 26.7 Å². The Morgan fingerprint density at radius 3 is 2.45 bits per heavy atom. The molecule has 0 saturated carbocycles. The number of aryl methyl sites for hydroxylation is 2. The Morgan fingerprint density at radius 2 is 1.95 bits per heavy atom. The Hall–Kier alpha value is -1.85. The van der Waals surface area contributed by atoms with Crippen LogP contribution in [0.15, 0.2) is 0 Å². The van der Waals surface area contributed by atoms with E-state index in [1.54, 1.807) is 11.8 Å². The fourth-order valence-electron chi connectivity index (χ4n) is 2.04. The Bertz CT molecular complexity index is 448. The number of amides is 2. The summed E-state index contributed by atoms with van der Waals surface area (Å²) in [5.41, 5.74) is 1.98. The average Bonchev–Trinajstić information content (AvgIpc) is 2.74. The van der Waals surface area contributed by atoms with Crippen molar-refractivity contribution >= 4 is 11.8 Å². The van der Waals surface area contributed by atoms with Crippen LogP contribution in [0.3, 0.4) is 0 Å². The van der Waals surface area contributed by atoms with Crippen molar-refractivity contribution in [3.63, 3.8) is 0 Å². The molecular formula is C14H24N4O2. The second kappa shape index (κ2) is 7.67. The lowest BCUT2D eigenvalue weighted by Gasteiger charge is -2.21. The van der Waals surface area contributed by atoms with Gasteiger partial charge in [0, 0.05) is 18.8 Å². The standard InChI is InChI=1S/C14H24N4O2/c1-5-7-15-12(19)9-18(8-6-2)14(20)13-10(3)16-17-11(13)4/h5-9H2,1-4H3,(H,15,19)(H,16,17). The third kappa shape index (κ3) is 4.08. The van der Waals surface area contributed by atoms with Crippen LogP contribution in [-0.2, 0) is 4.79 Å². The first-order valence-corrected chi connectivity index (χ1v) is 7.08. The largest absolute Gasteiger partial charge is 0.355 e. The molecule has 0 bridgehead atoms. The van der Waals surface area contributed by atoms with Crippen molar-refractivity contribution in [2.24, 2.45) is 0 Å². The van der Waals surface area contributed by atoms with Crippen molar-refractivity contribution in [2.75, 3.05) is 19.6 Å². The number of carbonyl (C=O) groups is 2. The molecule has 6 heteroatoms. The predicted octanol–water partition coefficient (Wildman–Crippen LogP) is 1.40. The minimum Gasteiger partial charge on any atom is -0.355 e. The van der Waals surface area contributed by atoms with E-state index in [1.165, 1.54) is 0 Å². The number of carbonyl (C=O) groups excluding carboxylic acids is 2. The summed E-state index contributed by atoms with van der Waals surface area (Å²) in [6.45, 7) is 8.87. The summed E-state index contributed by atoms with van der Waals surface area (Å²) < 4.78 is 0. The van der Waals surface area contributed by atoms with E-state index in [1.807, 2.05) is 20.8 Å². The molecule has 0 aliphatic carbocycles. The van der Waals surface area contributed by atoms with E-state index in [2.05, 4.69) is 15.5 Å². The molecule has 0 radical (unpaired) electrons. The summed E-state index contributed by atoms with van der Waals surface area (Å²) in [7, 11) is 0. The lowest BCUT2D eigenvalue weighted by atomic mass is 10.1. The Balaban J connectivity index is 2.80. The van der Waals surface area contributed by atoms with E-state index in [0.717, 1.165) is 18.5 Å². The van der Waals surface area contributed by atoms with Gasteiger partial charge in [-0.2, -0.15) is 5.10 Å². The third-order valence-corrected chi connectivity index (χ3v) is 3.03. The number of H-pyrrole nitrogens is 1. The van der Waals surface area contributed by atoms with Crippen LogP contribution in [0.2, 0.25) is 0 Å². The van der Waals surface area contributed by atoms with Gasteiger partial charge in [0.25, 0.3) is 5.91 Å². The molecule has 1 aromatic heterocycles. The van der Waals surface area contributed by atoms with Crippen molar-refractivity contribution in [1.29, 1.82) is 0 Å². The zero-order valence-corrected chi connectivity index (χ0v) is 12.7. The highest BCUT2D eigenvalue weighted by atomic mass is 16.2. The quantitative estimate of drug-likeness (QED) is 0.792. The molecule has 1 aromatic rings. The van der Waals surface area contributed by atoms with E-state index >= 15 is 0 Å². The van der Waals surface area contributed by atoms with Crippen molar-refractivity contribution in [2.45, 2.75) is 40.5 Å². The molecule has 0 unspecified atom stereocenters. The van der Waals surface area contributed by atoms with Crippen molar-refractivity contribution in [3.8, 4) is 0 Å². The molecule has 0 aliphatic heterocycles. The van der Waals surface area contributed by atoms with Gasteiger partial charge in [-0.25, -0.2) is 0 Å². The summed E-state index contributed by atoms with van der Waals surface area (Å²) in [4.78, 5) is 25.9. The minimum absolute atomic E-state index is 0.0940. The van der Waals surface area contributed by atoms with Gasteiger partial charge in [-0.1, -0.05) is 13.8 Å². The fraction of sp³-hybridized carbons (Fsp3) is 0.643. The number of aromatic nitrogens is 2. The number of nitrogens with one attached hydrogen (secondary N) is 2. The maximum atomic E-state index is 12.5.